The van der Waals surface area contributed by atoms with Gasteiger partial charge in [0, 0.05) is 19.3 Å². The first-order valence-corrected chi connectivity index (χ1v) is 8.99. The number of rotatable bonds is 3. The van der Waals surface area contributed by atoms with Gasteiger partial charge in [-0.05, 0) is 25.1 Å². The Morgan fingerprint density at radius 3 is 2.25 bits per heavy atom. The minimum absolute atomic E-state index is 0.155. The predicted molar refractivity (Wildman–Crippen MR) is 68.9 cm³/mol. The summed E-state index contributed by atoms with van der Waals surface area (Å²) in [5, 5.41) is 9.55. The summed E-state index contributed by atoms with van der Waals surface area (Å²) in [4.78, 5) is -0.972. The van der Waals surface area contributed by atoms with Gasteiger partial charge in [-0.2, -0.15) is 4.31 Å². The van der Waals surface area contributed by atoms with Crippen molar-refractivity contribution < 1.29 is 26.3 Å². The van der Waals surface area contributed by atoms with Crippen LogP contribution < -0.4 is 0 Å². The van der Waals surface area contributed by atoms with Crippen LogP contribution in [0, 0.1) is 5.82 Å². The van der Waals surface area contributed by atoms with E-state index in [0.717, 1.165) is 28.8 Å². The molecule has 0 radical (unpaired) electrons. The van der Waals surface area contributed by atoms with Gasteiger partial charge in [0.15, 0.2) is 9.84 Å². The van der Waals surface area contributed by atoms with Crippen molar-refractivity contribution in [1.82, 2.24) is 4.31 Å². The number of benzene rings is 1. The molecule has 0 aliphatic carbocycles. The van der Waals surface area contributed by atoms with E-state index in [4.69, 9.17) is 0 Å². The highest BCUT2D eigenvalue weighted by atomic mass is 32.2. The molecule has 1 aliphatic rings. The first kappa shape index (κ1) is 15.4. The summed E-state index contributed by atoms with van der Waals surface area (Å²) in [5.41, 5.74) is -1.14. The molecule has 0 bridgehead atoms. The third-order valence-electron chi connectivity index (χ3n) is 2.98. The zero-order valence-electron chi connectivity index (χ0n) is 10.9. The molecule has 6 nitrogen and oxygen atoms in total. The number of nitrogens with zero attached hydrogens (tertiary/aromatic N) is 1. The number of β-amino-alcohol motifs (C(OH)–C–C–N with tert-alkyl or cyclic N) is 1. The van der Waals surface area contributed by atoms with Crippen LogP contribution in [0.1, 0.15) is 6.92 Å². The lowest BCUT2D eigenvalue weighted by molar-refractivity contribution is -0.0427. The summed E-state index contributed by atoms with van der Waals surface area (Å²) in [6, 6.07) is 2.62. The van der Waals surface area contributed by atoms with E-state index < -0.39 is 36.2 Å². The van der Waals surface area contributed by atoms with E-state index >= 15 is 0 Å². The Labute approximate surface area is 116 Å². The molecule has 9 heteroatoms. The Hall–Kier alpha value is -1.03. The number of sulfonamides is 1. The third kappa shape index (κ3) is 2.71. The average molecular weight is 323 g/mol. The predicted octanol–water partition coefficient (Wildman–Crippen LogP) is -0.0155. The summed E-state index contributed by atoms with van der Waals surface area (Å²) in [7, 11) is -7.79. The SMILES string of the molecule is CC1(O)CN(S(=O)(=O)c2cc(S(C)(=O)=O)ccc2F)C1. The minimum atomic E-state index is -4.15. The Morgan fingerprint density at radius 2 is 1.80 bits per heavy atom. The van der Waals surface area contributed by atoms with Crippen molar-refractivity contribution in [3.05, 3.63) is 24.0 Å². The van der Waals surface area contributed by atoms with Crippen molar-refractivity contribution >= 4 is 19.9 Å². The van der Waals surface area contributed by atoms with Gasteiger partial charge in [0.2, 0.25) is 10.0 Å². The zero-order chi connectivity index (χ0) is 15.3. The van der Waals surface area contributed by atoms with Crippen LogP contribution in [0.4, 0.5) is 4.39 Å². The fourth-order valence-corrected chi connectivity index (χ4v) is 4.42. The van der Waals surface area contributed by atoms with Crippen molar-refractivity contribution in [3.8, 4) is 0 Å². The Bertz CT molecular complexity index is 747. The second-order valence-corrected chi connectivity index (χ2v) is 9.06. The lowest BCUT2D eigenvalue weighted by Gasteiger charge is -2.42. The average Bonchev–Trinajstić information content (AvgIpc) is 2.24. The standard InChI is InChI=1S/C11H14FNO5S2/c1-11(14)6-13(7-11)20(17,18)10-5-8(19(2,15)16)3-4-9(10)12/h3-5,14H,6-7H2,1-2H3. The number of sulfone groups is 1. The largest absolute Gasteiger partial charge is 0.387 e. The smallest absolute Gasteiger partial charge is 0.246 e. The van der Waals surface area contributed by atoms with E-state index in [1.807, 2.05) is 0 Å². The van der Waals surface area contributed by atoms with E-state index in [-0.39, 0.29) is 18.0 Å². The molecule has 112 valence electrons. The highest BCUT2D eigenvalue weighted by molar-refractivity contribution is 7.91. The van der Waals surface area contributed by atoms with Crippen LogP contribution in [-0.4, -0.2) is 51.2 Å². The molecule has 1 saturated heterocycles. The molecule has 1 aromatic carbocycles. The molecule has 1 fully saturated rings. The summed E-state index contributed by atoms with van der Waals surface area (Å²) in [6.45, 7) is 1.15. The van der Waals surface area contributed by atoms with Crippen LogP contribution in [0.15, 0.2) is 28.0 Å². The quantitative estimate of drug-likeness (QED) is 0.790. The van der Waals surface area contributed by atoms with Gasteiger partial charge in [0.05, 0.1) is 10.5 Å². The monoisotopic (exact) mass is 323 g/mol. The summed E-state index contributed by atoms with van der Waals surface area (Å²) >= 11 is 0. The maximum absolute atomic E-state index is 13.7. The normalized spacial score (nSPS) is 19.6. The minimum Gasteiger partial charge on any atom is -0.387 e. The Morgan fingerprint density at radius 1 is 1.25 bits per heavy atom. The lowest BCUT2D eigenvalue weighted by Crippen LogP contribution is -2.61. The van der Waals surface area contributed by atoms with Gasteiger partial charge in [0.25, 0.3) is 0 Å². The molecule has 20 heavy (non-hydrogen) atoms. The number of aliphatic hydroxyl groups is 1. The van der Waals surface area contributed by atoms with Crippen LogP contribution in [0.25, 0.3) is 0 Å². The maximum Gasteiger partial charge on any atom is 0.246 e. The lowest BCUT2D eigenvalue weighted by atomic mass is 10.0. The Kier molecular flexibility index (Phi) is 3.44. The summed E-state index contributed by atoms with van der Waals surface area (Å²) < 4.78 is 61.8. The molecule has 0 unspecified atom stereocenters. The molecular weight excluding hydrogens is 309 g/mol. The number of hydrogen-bond acceptors (Lipinski definition) is 5. The molecule has 0 atom stereocenters. The van der Waals surface area contributed by atoms with Gasteiger partial charge in [0.1, 0.15) is 10.7 Å². The van der Waals surface area contributed by atoms with Crippen LogP contribution in [0.2, 0.25) is 0 Å². The molecule has 1 N–H and O–H groups in total. The summed E-state index contributed by atoms with van der Waals surface area (Å²) in [6.07, 6.45) is 0.908. The van der Waals surface area contributed by atoms with Crippen molar-refractivity contribution in [3.63, 3.8) is 0 Å². The molecule has 0 amide bonds. The van der Waals surface area contributed by atoms with Gasteiger partial charge in [-0.15, -0.1) is 0 Å². The van der Waals surface area contributed by atoms with Gasteiger partial charge >= 0.3 is 0 Å². The van der Waals surface area contributed by atoms with Gasteiger partial charge in [-0.25, -0.2) is 21.2 Å². The fraction of sp³-hybridized carbons (Fsp3) is 0.455. The summed E-state index contributed by atoms with van der Waals surface area (Å²) in [5.74, 6) is -1.02. The number of halogens is 1. The van der Waals surface area contributed by atoms with Gasteiger partial charge in [-0.3, -0.25) is 0 Å². The highest BCUT2D eigenvalue weighted by Gasteiger charge is 2.44. The van der Waals surface area contributed by atoms with Crippen molar-refractivity contribution in [2.45, 2.75) is 22.3 Å². The Balaban J connectivity index is 2.48. The molecule has 0 aromatic heterocycles. The molecule has 1 heterocycles. The van der Waals surface area contributed by atoms with Crippen LogP contribution in [0.5, 0.6) is 0 Å². The topological polar surface area (TPSA) is 91.8 Å². The van der Waals surface area contributed by atoms with Crippen molar-refractivity contribution in [1.29, 1.82) is 0 Å². The maximum atomic E-state index is 13.7. The van der Waals surface area contributed by atoms with E-state index in [1.54, 1.807) is 0 Å². The number of hydrogen-bond donors (Lipinski definition) is 1. The van der Waals surface area contributed by atoms with E-state index in [9.17, 15) is 26.3 Å². The molecule has 1 aromatic rings. The first-order valence-electron chi connectivity index (χ1n) is 5.66. The van der Waals surface area contributed by atoms with Crippen LogP contribution in [0.3, 0.4) is 0 Å². The van der Waals surface area contributed by atoms with Crippen molar-refractivity contribution in [2.75, 3.05) is 19.3 Å². The van der Waals surface area contributed by atoms with Gasteiger partial charge in [-0.1, -0.05) is 0 Å². The molecule has 1 aliphatic heterocycles. The molecule has 0 saturated carbocycles. The van der Waals surface area contributed by atoms with E-state index in [0.29, 0.717) is 0 Å². The first-order chi connectivity index (χ1) is 8.93. The van der Waals surface area contributed by atoms with Gasteiger partial charge < -0.3 is 5.11 Å². The third-order valence-corrected chi connectivity index (χ3v) is 5.90. The van der Waals surface area contributed by atoms with Crippen LogP contribution in [-0.2, 0) is 19.9 Å². The molecule has 2 rings (SSSR count). The second-order valence-electron chi connectivity index (χ2n) is 5.13. The molecular formula is C11H14FNO5S2. The highest BCUT2D eigenvalue weighted by Crippen LogP contribution is 2.30. The van der Waals surface area contributed by atoms with E-state index in [2.05, 4.69) is 0 Å². The zero-order valence-corrected chi connectivity index (χ0v) is 12.5. The van der Waals surface area contributed by atoms with Crippen molar-refractivity contribution in [2.24, 2.45) is 0 Å². The van der Waals surface area contributed by atoms with E-state index in [1.165, 1.54) is 6.92 Å². The fourth-order valence-electron chi connectivity index (χ4n) is 1.93. The molecule has 0 spiro atoms. The second kappa shape index (κ2) is 4.48. The van der Waals surface area contributed by atoms with Crippen LogP contribution >= 0.6 is 0 Å².